The molecule has 0 amide bonds. The molecule has 6 nitrogen and oxygen atoms in total. The van der Waals surface area contributed by atoms with Gasteiger partial charge >= 0.3 is 0 Å². The maximum Gasteiger partial charge on any atom is 0.227 e. The van der Waals surface area contributed by atoms with E-state index in [2.05, 4.69) is 47.2 Å². The van der Waals surface area contributed by atoms with E-state index in [0.717, 1.165) is 22.2 Å². The predicted molar refractivity (Wildman–Crippen MR) is 94.0 cm³/mol. The van der Waals surface area contributed by atoms with Crippen molar-refractivity contribution < 1.29 is 4.79 Å². The molecule has 0 fully saturated rings. The normalized spacial score (nSPS) is 24.8. The van der Waals surface area contributed by atoms with Crippen LogP contribution in [0.4, 0.5) is 5.95 Å². The molecule has 0 spiro atoms. The third-order valence-electron chi connectivity index (χ3n) is 4.54. The number of anilines is 1. The van der Waals surface area contributed by atoms with Crippen molar-refractivity contribution in [1.82, 2.24) is 19.7 Å². The Morgan fingerprint density at radius 2 is 2.29 bits per heavy atom. The quantitative estimate of drug-likeness (QED) is 0.837. The number of fused-ring (bicyclic) bond motifs is 2. The van der Waals surface area contributed by atoms with Crippen LogP contribution in [-0.2, 0) is 4.79 Å². The largest absolute Gasteiger partial charge is 0.367 e. The summed E-state index contributed by atoms with van der Waals surface area (Å²) in [4.78, 5) is 20.6. The molecule has 4 rings (SSSR count). The molecule has 0 radical (unpaired) electrons. The summed E-state index contributed by atoms with van der Waals surface area (Å²) in [7, 11) is 0. The Morgan fingerprint density at radius 3 is 3.00 bits per heavy atom. The molecule has 2 atom stereocenters. The lowest BCUT2D eigenvalue weighted by Crippen LogP contribution is -2.41. The average molecular weight is 343 g/mol. The van der Waals surface area contributed by atoms with Crippen molar-refractivity contribution in [3.8, 4) is 0 Å². The highest BCUT2D eigenvalue weighted by Crippen LogP contribution is 2.45. The highest BCUT2D eigenvalue weighted by Gasteiger charge is 2.45. The fraction of sp³-hybridized carbons (Fsp3) is 0.471. The number of hydrogen-bond donors (Lipinski definition) is 2. The zero-order valence-corrected chi connectivity index (χ0v) is 14.9. The van der Waals surface area contributed by atoms with E-state index in [1.54, 1.807) is 11.8 Å². The highest BCUT2D eigenvalue weighted by molar-refractivity contribution is 7.99. The van der Waals surface area contributed by atoms with Crippen LogP contribution in [0, 0.1) is 11.3 Å². The number of thioether (sulfide) groups is 1. The van der Waals surface area contributed by atoms with E-state index in [1.165, 1.54) is 0 Å². The van der Waals surface area contributed by atoms with Crippen LogP contribution in [0.1, 0.15) is 38.8 Å². The first kappa shape index (κ1) is 15.5. The molecule has 7 heteroatoms. The minimum Gasteiger partial charge on any atom is -0.367 e. The van der Waals surface area contributed by atoms with Crippen LogP contribution >= 0.6 is 11.8 Å². The molecule has 2 aliphatic rings. The lowest BCUT2D eigenvalue weighted by molar-refractivity contribution is -0.125. The second-order valence-electron chi connectivity index (χ2n) is 7.02. The van der Waals surface area contributed by atoms with Crippen LogP contribution in [0.2, 0.25) is 0 Å². The number of carbonyl (C=O) groups is 1. The number of allylic oxidation sites excluding steroid dienone is 2. The summed E-state index contributed by atoms with van der Waals surface area (Å²) in [5, 5.41) is 8.76. The number of rotatable bonds is 3. The zero-order chi connectivity index (χ0) is 16.9. The second-order valence-corrected chi connectivity index (χ2v) is 8.25. The number of Topliss-reactive ketones (excluding diaryl/α,β-unsaturated/α-hetero) is 1. The van der Waals surface area contributed by atoms with Crippen molar-refractivity contribution in [3.63, 3.8) is 0 Å². The van der Waals surface area contributed by atoms with Gasteiger partial charge in [-0.3, -0.25) is 4.79 Å². The van der Waals surface area contributed by atoms with Gasteiger partial charge in [-0.2, -0.15) is 4.98 Å². The molecule has 126 valence electrons. The van der Waals surface area contributed by atoms with Gasteiger partial charge in [0.15, 0.2) is 0 Å². The summed E-state index contributed by atoms with van der Waals surface area (Å²) in [5.41, 5.74) is 1.87. The number of carbonyl (C=O) groups excluding carboxylic acids is 1. The first-order valence-corrected chi connectivity index (χ1v) is 9.21. The third-order valence-corrected chi connectivity index (χ3v) is 5.26. The molecule has 0 unspecified atom stereocenters. The maximum atomic E-state index is 12.9. The summed E-state index contributed by atoms with van der Waals surface area (Å²) in [6.07, 6.45) is 6.56. The van der Waals surface area contributed by atoms with Crippen molar-refractivity contribution in [2.24, 2.45) is 11.3 Å². The topological polar surface area (TPSA) is 75.6 Å². The van der Waals surface area contributed by atoms with E-state index < -0.39 is 0 Å². The second kappa shape index (κ2) is 5.51. The van der Waals surface area contributed by atoms with Gasteiger partial charge in [-0.25, -0.2) is 4.68 Å². The number of ketones is 1. The lowest BCUT2D eigenvalue weighted by Gasteiger charge is -2.39. The molecule has 1 aliphatic heterocycles. The van der Waals surface area contributed by atoms with Gasteiger partial charge in [0.2, 0.25) is 11.1 Å². The van der Waals surface area contributed by atoms with E-state index in [4.69, 9.17) is 0 Å². The fourth-order valence-electron chi connectivity index (χ4n) is 3.65. The van der Waals surface area contributed by atoms with E-state index in [1.807, 2.05) is 23.1 Å². The smallest absolute Gasteiger partial charge is 0.227 e. The summed E-state index contributed by atoms with van der Waals surface area (Å²) >= 11 is 1.61. The number of H-pyrrole nitrogens is 1. The Kier molecular flexibility index (Phi) is 3.56. The van der Waals surface area contributed by atoms with Gasteiger partial charge < -0.3 is 10.3 Å². The summed E-state index contributed by atoms with van der Waals surface area (Å²) in [6, 6.07) is 1.86. The Balaban J connectivity index is 1.87. The maximum absolute atomic E-state index is 12.9. The molecular weight excluding hydrogens is 322 g/mol. The van der Waals surface area contributed by atoms with Gasteiger partial charge in [-0.1, -0.05) is 38.6 Å². The van der Waals surface area contributed by atoms with Gasteiger partial charge in [0, 0.05) is 24.5 Å². The molecule has 0 saturated heterocycles. The van der Waals surface area contributed by atoms with E-state index in [-0.39, 0.29) is 23.2 Å². The average Bonchev–Trinajstić information content (AvgIpc) is 3.12. The van der Waals surface area contributed by atoms with Crippen molar-refractivity contribution in [2.45, 2.75) is 38.4 Å². The first-order chi connectivity index (χ1) is 11.5. The van der Waals surface area contributed by atoms with Crippen molar-refractivity contribution >= 4 is 23.5 Å². The van der Waals surface area contributed by atoms with Gasteiger partial charge in [0.1, 0.15) is 5.78 Å². The van der Waals surface area contributed by atoms with Gasteiger partial charge in [-0.05, 0) is 22.8 Å². The number of hydrogen-bond acceptors (Lipinski definition) is 5. The van der Waals surface area contributed by atoms with E-state index >= 15 is 0 Å². The number of nitrogens with zero attached hydrogens (tertiary/aromatic N) is 3. The van der Waals surface area contributed by atoms with Crippen LogP contribution < -0.4 is 5.32 Å². The van der Waals surface area contributed by atoms with Gasteiger partial charge in [0.25, 0.3) is 0 Å². The Hall–Kier alpha value is -2.02. The SMILES string of the molecule is CCSc1nc2n(n1)[C@@H](c1cc[nH]c1)[C@@H]1C(=O)CC(C)(C)C=C1N2. The lowest BCUT2D eigenvalue weighted by atomic mass is 9.72. The van der Waals surface area contributed by atoms with Crippen molar-refractivity contribution in [3.05, 3.63) is 35.8 Å². The Labute approximate surface area is 145 Å². The third kappa shape index (κ3) is 2.47. The summed E-state index contributed by atoms with van der Waals surface area (Å²) in [6.45, 7) is 6.27. The molecule has 1 aliphatic carbocycles. The summed E-state index contributed by atoms with van der Waals surface area (Å²) < 4.78 is 1.87. The molecule has 0 aromatic carbocycles. The van der Waals surface area contributed by atoms with Crippen LogP contribution in [-0.4, -0.2) is 31.3 Å². The molecule has 2 aromatic rings. The van der Waals surface area contributed by atoms with Crippen LogP contribution in [0.25, 0.3) is 0 Å². The minimum absolute atomic E-state index is 0.137. The van der Waals surface area contributed by atoms with E-state index in [9.17, 15) is 4.79 Å². The number of aromatic amines is 1. The number of nitrogens with one attached hydrogen (secondary N) is 2. The van der Waals surface area contributed by atoms with Gasteiger partial charge in [-0.15, -0.1) is 5.10 Å². The minimum atomic E-state index is -0.234. The van der Waals surface area contributed by atoms with Crippen LogP contribution in [0.15, 0.2) is 35.4 Å². The van der Waals surface area contributed by atoms with Crippen molar-refractivity contribution in [2.75, 3.05) is 11.1 Å². The fourth-order valence-corrected chi connectivity index (χ4v) is 4.21. The standard InChI is InChI=1S/C17H21N5OS/c1-4-24-16-20-15-19-11-7-17(2,3)8-12(23)13(11)14(22(15)21-16)10-5-6-18-9-10/h5-7,9,13-14,18H,4,8H2,1-3H3,(H,19,20,21)/t13-,14-/m0/s1. The van der Waals surface area contributed by atoms with Gasteiger partial charge in [0.05, 0.1) is 12.0 Å². The predicted octanol–water partition coefficient (Wildman–Crippen LogP) is 3.23. The molecular formula is C17H21N5OS. The molecule has 0 saturated carbocycles. The molecule has 2 aromatic heterocycles. The molecule has 0 bridgehead atoms. The summed E-state index contributed by atoms with van der Waals surface area (Å²) in [5.74, 6) is 1.64. The van der Waals surface area contributed by atoms with Crippen LogP contribution in [0.3, 0.4) is 0 Å². The Bertz CT molecular complexity index is 805. The van der Waals surface area contributed by atoms with Crippen LogP contribution in [0.5, 0.6) is 0 Å². The number of aromatic nitrogens is 4. The first-order valence-electron chi connectivity index (χ1n) is 8.23. The monoisotopic (exact) mass is 343 g/mol. The molecule has 2 N–H and O–H groups in total. The molecule has 3 heterocycles. The molecule has 24 heavy (non-hydrogen) atoms. The van der Waals surface area contributed by atoms with Crippen molar-refractivity contribution in [1.29, 1.82) is 0 Å². The Morgan fingerprint density at radius 1 is 1.46 bits per heavy atom. The van der Waals surface area contributed by atoms with E-state index in [0.29, 0.717) is 12.4 Å². The zero-order valence-electron chi connectivity index (χ0n) is 14.0. The highest BCUT2D eigenvalue weighted by atomic mass is 32.2.